The van der Waals surface area contributed by atoms with Crippen LogP contribution >= 0.6 is 0 Å². The Morgan fingerprint density at radius 2 is 2.00 bits per heavy atom. The maximum atomic E-state index is 12.2. The highest BCUT2D eigenvalue weighted by atomic mass is 16.4. The van der Waals surface area contributed by atoms with E-state index in [9.17, 15) is 9.59 Å². The number of anilines is 1. The van der Waals surface area contributed by atoms with E-state index < -0.39 is 5.97 Å². The van der Waals surface area contributed by atoms with Crippen molar-refractivity contribution in [2.24, 2.45) is 0 Å². The Kier molecular flexibility index (Phi) is 5.55. The van der Waals surface area contributed by atoms with Crippen LogP contribution in [-0.2, 0) is 0 Å². The van der Waals surface area contributed by atoms with Crippen molar-refractivity contribution in [2.45, 2.75) is 40.2 Å². The summed E-state index contributed by atoms with van der Waals surface area (Å²) in [6.07, 6.45) is 0.887. The molecular weight excluding hydrogens is 256 g/mol. The molecule has 0 radical (unpaired) electrons. The fourth-order valence-electron chi connectivity index (χ4n) is 2.05. The smallest absolute Gasteiger partial charge is 0.335 e. The summed E-state index contributed by atoms with van der Waals surface area (Å²) in [5.74, 6) is -0.963. The van der Waals surface area contributed by atoms with E-state index in [4.69, 9.17) is 5.11 Å². The number of rotatable bonds is 5. The van der Waals surface area contributed by atoms with Crippen molar-refractivity contribution in [3.05, 3.63) is 29.3 Å². The first-order valence-electron chi connectivity index (χ1n) is 6.82. The van der Waals surface area contributed by atoms with Crippen molar-refractivity contribution in [1.82, 2.24) is 4.90 Å². The van der Waals surface area contributed by atoms with Gasteiger partial charge in [0.15, 0.2) is 0 Å². The summed E-state index contributed by atoms with van der Waals surface area (Å²) in [5, 5.41) is 11.8. The molecule has 0 aliphatic rings. The fraction of sp³-hybridized carbons (Fsp3) is 0.467. The minimum Gasteiger partial charge on any atom is -0.478 e. The minimum atomic E-state index is -0.963. The third-order valence-corrected chi connectivity index (χ3v) is 3.43. The van der Waals surface area contributed by atoms with E-state index in [-0.39, 0.29) is 17.6 Å². The zero-order chi connectivity index (χ0) is 15.3. The summed E-state index contributed by atoms with van der Waals surface area (Å²) < 4.78 is 0. The van der Waals surface area contributed by atoms with Gasteiger partial charge in [-0.3, -0.25) is 0 Å². The molecule has 1 aromatic carbocycles. The number of carbonyl (C=O) groups excluding carboxylic acids is 1. The van der Waals surface area contributed by atoms with Crippen molar-refractivity contribution in [3.63, 3.8) is 0 Å². The van der Waals surface area contributed by atoms with Gasteiger partial charge >= 0.3 is 12.0 Å². The molecule has 5 heteroatoms. The third kappa shape index (κ3) is 3.73. The van der Waals surface area contributed by atoms with Crippen LogP contribution in [0.2, 0.25) is 0 Å². The summed E-state index contributed by atoms with van der Waals surface area (Å²) in [6, 6.07) is 4.79. The SMILES string of the molecule is CCC(C)N(CC)C(=O)Nc1ccc(C(=O)O)c(C)c1. The molecule has 1 aromatic rings. The number of urea groups is 1. The second kappa shape index (κ2) is 6.93. The van der Waals surface area contributed by atoms with Crippen molar-refractivity contribution < 1.29 is 14.7 Å². The van der Waals surface area contributed by atoms with Crippen LogP contribution < -0.4 is 5.32 Å². The number of benzene rings is 1. The molecule has 0 spiro atoms. The van der Waals surface area contributed by atoms with Crippen LogP contribution in [0, 0.1) is 6.92 Å². The van der Waals surface area contributed by atoms with E-state index in [2.05, 4.69) is 5.32 Å². The minimum absolute atomic E-state index is 0.163. The standard InChI is InChI=1S/C15H22N2O3/c1-5-11(4)17(6-2)15(20)16-12-7-8-13(14(18)19)10(3)9-12/h7-9,11H,5-6H2,1-4H3,(H,16,20)(H,18,19). The number of aryl methyl sites for hydroxylation is 1. The van der Waals surface area contributed by atoms with Gasteiger partial charge in [-0.1, -0.05) is 6.92 Å². The van der Waals surface area contributed by atoms with Gasteiger partial charge in [-0.05, 0) is 51.0 Å². The number of nitrogens with one attached hydrogen (secondary N) is 1. The lowest BCUT2D eigenvalue weighted by Gasteiger charge is -2.27. The van der Waals surface area contributed by atoms with E-state index in [0.717, 1.165) is 6.42 Å². The van der Waals surface area contributed by atoms with Crippen LogP contribution in [0.5, 0.6) is 0 Å². The quantitative estimate of drug-likeness (QED) is 0.867. The average molecular weight is 278 g/mol. The Labute approximate surface area is 119 Å². The van der Waals surface area contributed by atoms with Crippen molar-refractivity contribution >= 4 is 17.7 Å². The van der Waals surface area contributed by atoms with E-state index in [0.29, 0.717) is 17.8 Å². The van der Waals surface area contributed by atoms with E-state index in [1.807, 2.05) is 20.8 Å². The lowest BCUT2D eigenvalue weighted by atomic mass is 10.1. The van der Waals surface area contributed by atoms with Gasteiger partial charge in [0.05, 0.1) is 5.56 Å². The predicted octanol–water partition coefficient (Wildman–Crippen LogP) is 3.35. The number of hydrogen-bond acceptors (Lipinski definition) is 2. The molecule has 1 rings (SSSR count). The lowest BCUT2D eigenvalue weighted by molar-refractivity contribution is 0.0696. The van der Waals surface area contributed by atoms with Gasteiger partial charge in [0.25, 0.3) is 0 Å². The van der Waals surface area contributed by atoms with Crippen LogP contribution in [0.15, 0.2) is 18.2 Å². The first-order chi connectivity index (χ1) is 9.40. The van der Waals surface area contributed by atoms with Gasteiger partial charge < -0.3 is 15.3 Å². The molecular formula is C15H22N2O3. The normalized spacial score (nSPS) is 11.8. The summed E-state index contributed by atoms with van der Waals surface area (Å²) in [5.41, 5.74) is 1.48. The monoisotopic (exact) mass is 278 g/mol. The molecule has 20 heavy (non-hydrogen) atoms. The topological polar surface area (TPSA) is 69.6 Å². The van der Waals surface area contributed by atoms with Gasteiger partial charge in [0.2, 0.25) is 0 Å². The molecule has 2 amide bonds. The molecule has 2 N–H and O–H groups in total. The number of hydrogen-bond donors (Lipinski definition) is 2. The molecule has 1 unspecified atom stereocenters. The molecule has 0 heterocycles. The van der Waals surface area contributed by atoms with Gasteiger partial charge in [0.1, 0.15) is 0 Å². The third-order valence-electron chi connectivity index (χ3n) is 3.43. The van der Waals surface area contributed by atoms with E-state index in [1.54, 1.807) is 24.0 Å². The number of carboxylic acid groups (broad SMARTS) is 1. The van der Waals surface area contributed by atoms with Crippen LogP contribution in [0.25, 0.3) is 0 Å². The molecule has 5 nitrogen and oxygen atoms in total. The lowest BCUT2D eigenvalue weighted by Crippen LogP contribution is -2.41. The second-order valence-electron chi connectivity index (χ2n) is 4.81. The Morgan fingerprint density at radius 1 is 1.35 bits per heavy atom. The first kappa shape index (κ1) is 16.0. The number of nitrogens with zero attached hydrogens (tertiary/aromatic N) is 1. The molecule has 0 bridgehead atoms. The molecule has 110 valence electrons. The van der Waals surface area contributed by atoms with E-state index >= 15 is 0 Å². The Bertz CT molecular complexity index is 500. The molecule has 0 aromatic heterocycles. The van der Waals surface area contributed by atoms with Crippen LogP contribution in [0.4, 0.5) is 10.5 Å². The van der Waals surface area contributed by atoms with E-state index in [1.165, 1.54) is 6.07 Å². The molecule has 0 fully saturated rings. The Hall–Kier alpha value is -2.04. The number of carbonyl (C=O) groups is 2. The summed E-state index contributed by atoms with van der Waals surface area (Å²) in [7, 11) is 0. The van der Waals surface area contributed by atoms with Crippen molar-refractivity contribution in [2.75, 3.05) is 11.9 Å². The zero-order valence-corrected chi connectivity index (χ0v) is 12.4. The first-order valence-corrected chi connectivity index (χ1v) is 6.82. The van der Waals surface area contributed by atoms with Gasteiger partial charge in [-0.15, -0.1) is 0 Å². The highest BCUT2D eigenvalue weighted by Crippen LogP contribution is 2.16. The zero-order valence-electron chi connectivity index (χ0n) is 12.4. The van der Waals surface area contributed by atoms with Crippen LogP contribution in [0.1, 0.15) is 43.1 Å². The highest BCUT2D eigenvalue weighted by molar-refractivity contribution is 5.92. The summed E-state index contributed by atoms with van der Waals surface area (Å²) in [6.45, 7) is 8.32. The summed E-state index contributed by atoms with van der Waals surface area (Å²) >= 11 is 0. The molecule has 1 atom stereocenters. The maximum absolute atomic E-state index is 12.2. The highest BCUT2D eigenvalue weighted by Gasteiger charge is 2.17. The average Bonchev–Trinajstić information content (AvgIpc) is 2.38. The summed E-state index contributed by atoms with van der Waals surface area (Å²) in [4.78, 5) is 24.9. The van der Waals surface area contributed by atoms with Crippen molar-refractivity contribution in [3.8, 4) is 0 Å². The molecule has 0 aliphatic carbocycles. The Balaban J connectivity index is 2.85. The van der Waals surface area contributed by atoms with Gasteiger partial charge in [0, 0.05) is 18.3 Å². The molecule has 0 saturated carbocycles. The largest absolute Gasteiger partial charge is 0.478 e. The maximum Gasteiger partial charge on any atom is 0.335 e. The van der Waals surface area contributed by atoms with Crippen molar-refractivity contribution in [1.29, 1.82) is 0 Å². The number of amides is 2. The fourth-order valence-corrected chi connectivity index (χ4v) is 2.05. The van der Waals surface area contributed by atoms with Gasteiger partial charge in [-0.25, -0.2) is 9.59 Å². The Morgan fingerprint density at radius 3 is 2.45 bits per heavy atom. The second-order valence-corrected chi connectivity index (χ2v) is 4.81. The van der Waals surface area contributed by atoms with Crippen LogP contribution in [-0.4, -0.2) is 34.6 Å². The molecule has 0 aliphatic heterocycles. The predicted molar refractivity (Wildman–Crippen MR) is 79.3 cm³/mol. The number of carboxylic acids is 1. The number of aromatic carboxylic acids is 1. The van der Waals surface area contributed by atoms with Gasteiger partial charge in [-0.2, -0.15) is 0 Å². The van der Waals surface area contributed by atoms with Crippen LogP contribution in [0.3, 0.4) is 0 Å². The molecule has 0 saturated heterocycles.